The SMILES string of the molecule is Cl.NS(=O)(=O)c1ccc(S(=O)(=O)NCCN2CCOCC2)s1. The van der Waals surface area contributed by atoms with E-state index in [2.05, 4.69) is 9.62 Å². The van der Waals surface area contributed by atoms with E-state index in [4.69, 9.17) is 9.88 Å². The van der Waals surface area contributed by atoms with Crippen LogP contribution in [0.25, 0.3) is 0 Å². The fourth-order valence-electron chi connectivity index (χ4n) is 1.83. The molecule has 0 radical (unpaired) electrons. The summed E-state index contributed by atoms with van der Waals surface area (Å²) in [6.45, 7) is 3.68. The second-order valence-corrected chi connectivity index (χ2v) is 9.34. The third-order valence-corrected chi connectivity index (χ3v) is 7.40. The van der Waals surface area contributed by atoms with Gasteiger partial charge in [-0.2, -0.15) is 0 Å². The van der Waals surface area contributed by atoms with E-state index in [1.807, 2.05) is 0 Å². The van der Waals surface area contributed by atoms with Crippen molar-refractivity contribution in [3.63, 3.8) is 0 Å². The molecule has 8 nitrogen and oxygen atoms in total. The molecule has 0 aliphatic carbocycles. The minimum atomic E-state index is -3.88. The van der Waals surface area contributed by atoms with Crippen molar-refractivity contribution >= 4 is 43.8 Å². The highest BCUT2D eigenvalue weighted by molar-refractivity contribution is 7.94. The number of nitrogens with one attached hydrogen (secondary N) is 1. The standard InChI is InChI=1S/C10H17N3O5S3.ClH/c11-20(14,15)9-1-2-10(19-9)21(16,17)12-3-4-13-5-7-18-8-6-13;/h1-2,12H,3-8H2,(H2,11,14,15);1H. The summed E-state index contributed by atoms with van der Waals surface area (Å²) < 4.78 is 53.8. The summed E-state index contributed by atoms with van der Waals surface area (Å²) in [7, 11) is -7.59. The van der Waals surface area contributed by atoms with E-state index in [0.717, 1.165) is 13.1 Å². The highest BCUT2D eigenvalue weighted by Gasteiger charge is 2.20. The number of rotatable bonds is 6. The number of sulfonamides is 2. The maximum absolute atomic E-state index is 12.0. The summed E-state index contributed by atoms with van der Waals surface area (Å²) >= 11 is 0.636. The zero-order chi connectivity index (χ0) is 15.5. The third-order valence-electron chi connectivity index (χ3n) is 2.93. The summed E-state index contributed by atoms with van der Waals surface area (Å²) in [5.41, 5.74) is 0. The molecule has 12 heteroatoms. The minimum Gasteiger partial charge on any atom is -0.379 e. The van der Waals surface area contributed by atoms with Crippen LogP contribution in [0.2, 0.25) is 0 Å². The van der Waals surface area contributed by atoms with Crippen LogP contribution in [0, 0.1) is 0 Å². The van der Waals surface area contributed by atoms with Crippen molar-refractivity contribution in [2.45, 2.75) is 8.42 Å². The molecule has 1 aliphatic heterocycles. The van der Waals surface area contributed by atoms with Gasteiger partial charge in [0, 0.05) is 26.2 Å². The smallest absolute Gasteiger partial charge is 0.250 e. The van der Waals surface area contributed by atoms with Crippen molar-refractivity contribution in [1.29, 1.82) is 0 Å². The number of ether oxygens (including phenoxy) is 1. The molecule has 0 amide bonds. The molecule has 128 valence electrons. The number of thiophene rings is 1. The number of hydrogen-bond donors (Lipinski definition) is 2. The third kappa shape index (κ3) is 5.42. The molecule has 0 bridgehead atoms. The van der Waals surface area contributed by atoms with E-state index in [9.17, 15) is 16.8 Å². The van der Waals surface area contributed by atoms with Crippen LogP contribution in [0.4, 0.5) is 0 Å². The van der Waals surface area contributed by atoms with Crippen LogP contribution in [0.15, 0.2) is 20.6 Å². The second kappa shape index (κ2) is 8.02. The molecule has 0 saturated carbocycles. The fourth-order valence-corrected chi connectivity index (χ4v) is 5.09. The van der Waals surface area contributed by atoms with E-state index >= 15 is 0 Å². The van der Waals surface area contributed by atoms with Gasteiger partial charge in [-0.15, -0.1) is 23.7 Å². The normalized spacial score (nSPS) is 17.1. The maximum Gasteiger partial charge on any atom is 0.250 e. The Bertz CT molecular complexity index is 682. The Morgan fingerprint density at radius 1 is 1.18 bits per heavy atom. The first kappa shape index (κ1) is 19.8. The number of nitrogens with zero attached hydrogens (tertiary/aromatic N) is 1. The fraction of sp³-hybridized carbons (Fsp3) is 0.600. The molecule has 2 rings (SSSR count). The van der Waals surface area contributed by atoms with E-state index in [1.165, 1.54) is 12.1 Å². The zero-order valence-electron chi connectivity index (χ0n) is 11.6. The van der Waals surface area contributed by atoms with Gasteiger partial charge in [0.25, 0.3) is 0 Å². The molecule has 2 heterocycles. The van der Waals surface area contributed by atoms with Crippen molar-refractivity contribution in [3.05, 3.63) is 12.1 Å². The van der Waals surface area contributed by atoms with Crippen molar-refractivity contribution in [3.8, 4) is 0 Å². The lowest BCUT2D eigenvalue weighted by Crippen LogP contribution is -2.41. The van der Waals surface area contributed by atoms with Crippen LogP contribution in [-0.2, 0) is 24.8 Å². The first-order valence-corrected chi connectivity index (χ1v) is 10.1. The number of nitrogens with two attached hydrogens (primary N) is 1. The summed E-state index contributed by atoms with van der Waals surface area (Å²) in [5, 5.41) is 4.96. The maximum atomic E-state index is 12.0. The lowest BCUT2D eigenvalue weighted by Gasteiger charge is -2.26. The van der Waals surface area contributed by atoms with Gasteiger partial charge in [-0.05, 0) is 12.1 Å². The summed E-state index contributed by atoms with van der Waals surface area (Å²) in [6.07, 6.45) is 0. The Balaban J connectivity index is 0.00000242. The van der Waals surface area contributed by atoms with Crippen molar-refractivity contribution in [2.75, 3.05) is 39.4 Å². The molecule has 1 fully saturated rings. The summed E-state index contributed by atoms with van der Waals surface area (Å²) in [5.74, 6) is 0. The number of morpholine rings is 1. The molecule has 1 aromatic rings. The molecule has 1 saturated heterocycles. The van der Waals surface area contributed by atoms with Crippen LogP contribution in [-0.4, -0.2) is 61.1 Å². The Morgan fingerprint density at radius 2 is 1.77 bits per heavy atom. The molecule has 22 heavy (non-hydrogen) atoms. The van der Waals surface area contributed by atoms with Gasteiger partial charge in [0.1, 0.15) is 8.42 Å². The van der Waals surface area contributed by atoms with E-state index in [1.54, 1.807) is 0 Å². The van der Waals surface area contributed by atoms with Gasteiger partial charge in [0.15, 0.2) is 0 Å². The molecule has 0 aromatic carbocycles. The lowest BCUT2D eigenvalue weighted by molar-refractivity contribution is 0.0390. The predicted octanol–water partition coefficient (Wildman–Crippen LogP) is -0.572. The van der Waals surface area contributed by atoms with E-state index in [-0.39, 0.29) is 27.4 Å². The zero-order valence-corrected chi connectivity index (χ0v) is 14.9. The average molecular weight is 392 g/mol. The van der Waals surface area contributed by atoms with Crippen LogP contribution in [0.5, 0.6) is 0 Å². The van der Waals surface area contributed by atoms with Crippen LogP contribution in [0.1, 0.15) is 0 Å². The van der Waals surface area contributed by atoms with Gasteiger partial charge in [-0.1, -0.05) is 0 Å². The molecular formula is C10H18ClN3O5S3. The minimum absolute atomic E-state index is 0. The van der Waals surface area contributed by atoms with Crippen LogP contribution < -0.4 is 9.86 Å². The Kier molecular flexibility index (Phi) is 7.20. The Hall–Kier alpha value is -0.270. The monoisotopic (exact) mass is 391 g/mol. The molecule has 1 aromatic heterocycles. The predicted molar refractivity (Wildman–Crippen MR) is 85.4 cm³/mol. The second-order valence-electron chi connectivity index (χ2n) is 4.47. The quantitative estimate of drug-likeness (QED) is 0.670. The number of primary sulfonamides is 1. The highest BCUT2D eigenvalue weighted by Crippen LogP contribution is 2.24. The van der Waals surface area contributed by atoms with Crippen molar-refractivity contribution in [1.82, 2.24) is 9.62 Å². The molecular weight excluding hydrogens is 374 g/mol. The van der Waals surface area contributed by atoms with Gasteiger partial charge >= 0.3 is 0 Å². The largest absolute Gasteiger partial charge is 0.379 e. The van der Waals surface area contributed by atoms with Gasteiger partial charge in [-0.25, -0.2) is 26.7 Å². The Labute approximate surface area is 140 Å². The van der Waals surface area contributed by atoms with E-state index < -0.39 is 20.0 Å². The van der Waals surface area contributed by atoms with Gasteiger partial charge in [0.2, 0.25) is 20.0 Å². The molecule has 1 aliphatic rings. The van der Waals surface area contributed by atoms with E-state index in [0.29, 0.717) is 31.1 Å². The molecule has 3 N–H and O–H groups in total. The van der Waals surface area contributed by atoms with Gasteiger partial charge in [-0.3, -0.25) is 4.90 Å². The summed E-state index contributed by atoms with van der Waals surface area (Å²) in [4.78, 5) is 2.09. The van der Waals surface area contributed by atoms with Gasteiger partial charge in [0.05, 0.1) is 13.2 Å². The number of hydrogen-bond acceptors (Lipinski definition) is 7. The van der Waals surface area contributed by atoms with Gasteiger partial charge < -0.3 is 4.74 Å². The topological polar surface area (TPSA) is 119 Å². The first-order valence-electron chi connectivity index (χ1n) is 6.21. The summed E-state index contributed by atoms with van der Waals surface area (Å²) in [6, 6.07) is 2.43. The first-order chi connectivity index (χ1) is 9.79. The van der Waals surface area contributed by atoms with Crippen molar-refractivity contribution in [2.24, 2.45) is 5.14 Å². The number of halogens is 1. The molecule has 0 atom stereocenters. The van der Waals surface area contributed by atoms with Crippen LogP contribution in [0.3, 0.4) is 0 Å². The Morgan fingerprint density at radius 3 is 2.32 bits per heavy atom. The lowest BCUT2D eigenvalue weighted by atomic mass is 10.4. The molecule has 0 spiro atoms. The van der Waals surface area contributed by atoms with Crippen LogP contribution >= 0.6 is 23.7 Å². The molecule has 0 unspecified atom stereocenters. The van der Waals surface area contributed by atoms with Crippen molar-refractivity contribution < 1.29 is 21.6 Å². The highest BCUT2D eigenvalue weighted by atomic mass is 35.5. The average Bonchev–Trinajstić information content (AvgIpc) is 2.90.